The predicted octanol–water partition coefficient (Wildman–Crippen LogP) is -3.63. The van der Waals surface area contributed by atoms with Gasteiger partial charge in [0.05, 0.1) is 12.6 Å². The van der Waals surface area contributed by atoms with E-state index in [-0.39, 0.29) is 95.8 Å². The number of nitrogens with one attached hydrogen (secondary N) is 8. The fourth-order valence-corrected chi connectivity index (χ4v) is 8.31. The molecule has 0 aliphatic carbocycles. The molecule has 2 aromatic carbocycles. The lowest BCUT2D eigenvalue weighted by atomic mass is 10.0. The van der Waals surface area contributed by atoms with Gasteiger partial charge in [-0.1, -0.05) is 48.5 Å². The normalized spacial score (nSPS) is 20.7. The number of hydrogen-bond donors (Lipinski definition) is 14. The summed E-state index contributed by atoms with van der Waals surface area (Å²) in [6, 6.07) is 7.79. The van der Waals surface area contributed by atoms with Crippen LogP contribution in [-0.2, 0) is 56.0 Å². The number of aromatic nitrogens is 1. The summed E-state index contributed by atoms with van der Waals surface area (Å²) >= 11 is 0. The van der Waals surface area contributed by atoms with E-state index in [1.807, 2.05) is 18.2 Å². The number of nitrogens with zero attached hydrogens (tertiary/aromatic N) is 3. The first-order chi connectivity index (χ1) is 35.7. The SMILES string of the molecule is CC(=O)N[C@@H](CCCN=C(N)N)C(=O)N[C@H]1CCCC(=O)NCC[C@@H](C(N)=O)NC(=O)[C@H](Cc2c[nH]c3ccccc23)NC(=O)[C@H](CCCN=C(N)N)NC(=O)[C@@H](Cc2ccccc2)NC(=O)CN(C[C@@H](C)O)C1=O. The molecule has 0 saturated carbocycles. The second kappa shape index (κ2) is 30.0. The molecule has 3 aromatic rings. The van der Waals surface area contributed by atoms with Gasteiger partial charge >= 0.3 is 0 Å². The zero-order valence-corrected chi connectivity index (χ0v) is 42.3. The molecule has 7 atom stereocenters. The lowest BCUT2D eigenvalue weighted by molar-refractivity contribution is -0.142. The Hall–Kier alpha value is -8.29. The number of aliphatic hydroxyl groups excluding tert-OH is 1. The third-order valence-corrected chi connectivity index (χ3v) is 11.9. The summed E-state index contributed by atoms with van der Waals surface area (Å²) in [4.78, 5) is 136. The van der Waals surface area contributed by atoms with Crippen molar-refractivity contribution in [1.82, 2.24) is 47.1 Å². The van der Waals surface area contributed by atoms with Gasteiger partial charge in [-0.15, -0.1) is 0 Å². The van der Waals surface area contributed by atoms with Gasteiger partial charge in [-0.25, -0.2) is 0 Å². The average molecular weight is 1050 g/mol. The monoisotopic (exact) mass is 1040 g/mol. The molecule has 1 aliphatic heterocycles. The number of amides is 9. The zero-order chi connectivity index (χ0) is 55.0. The zero-order valence-electron chi connectivity index (χ0n) is 42.3. The summed E-state index contributed by atoms with van der Waals surface area (Å²) in [6.45, 7) is 1.42. The summed E-state index contributed by atoms with van der Waals surface area (Å²) in [5.41, 5.74) is 29.7. The Bertz CT molecular complexity index is 2510. The molecule has 1 saturated heterocycles. The molecule has 0 radical (unpaired) electrons. The Labute approximate surface area is 433 Å². The fourth-order valence-electron chi connectivity index (χ4n) is 8.31. The highest BCUT2D eigenvalue weighted by Crippen LogP contribution is 2.20. The summed E-state index contributed by atoms with van der Waals surface area (Å²) in [5.74, 6) is -7.38. The number of aromatic amines is 1. The maximum Gasteiger partial charge on any atom is 0.245 e. The van der Waals surface area contributed by atoms with Crippen LogP contribution in [0.25, 0.3) is 10.9 Å². The van der Waals surface area contributed by atoms with Gasteiger partial charge < -0.3 is 80.9 Å². The topological polar surface area (TPSA) is 432 Å². The minimum Gasteiger partial charge on any atom is -0.392 e. The number of guanidine groups is 2. The number of hydrogen-bond acceptors (Lipinski definition) is 12. The molecule has 408 valence electrons. The highest BCUT2D eigenvalue weighted by atomic mass is 16.3. The van der Waals surface area contributed by atoms with E-state index >= 15 is 0 Å². The maximum atomic E-state index is 14.6. The van der Waals surface area contributed by atoms with Crippen molar-refractivity contribution in [1.29, 1.82) is 0 Å². The molecular formula is C49H72N16O10. The molecule has 1 aliphatic rings. The van der Waals surface area contributed by atoms with Crippen molar-refractivity contribution in [2.24, 2.45) is 38.7 Å². The number of aliphatic hydroxyl groups is 1. The van der Waals surface area contributed by atoms with E-state index in [1.54, 1.807) is 42.6 Å². The summed E-state index contributed by atoms with van der Waals surface area (Å²) in [6.07, 6.45) is 0.0442. The van der Waals surface area contributed by atoms with Crippen molar-refractivity contribution in [3.05, 3.63) is 71.9 Å². The Morgan fingerprint density at radius 1 is 0.773 bits per heavy atom. The molecule has 26 nitrogen and oxygen atoms in total. The number of nitrogens with two attached hydrogens (primary N) is 5. The van der Waals surface area contributed by atoms with Crippen LogP contribution in [0.4, 0.5) is 0 Å². The number of carbonyl (C=O) groups excluding carboxylic acids is 9. The van der Waals surface area contributed by atoms with Crippen molar-refractivity contribution >= 4 is 76.0 Å². The molecule has 1 fully saturated rings. The summed E-state index contributed by atoms with van der Waals surface area (Å²) < 4.78 is 0. The van der Waals surface area contributed by atoms with E-state index in [1.165, 1.54) is 13.8 Å². The third-order valence-electron chi connectivity index (χ3n) is 11.9. The standard InChI is InChI=1S/C49H72N16O10/c1-28(66)26-65-27-41(69)60-38(23-30-11-4-3-5-12-30)45(73)62-36(17-10-21-57-49(53)54)44(72)64-39(24-31-25-58-33-14-7-6-13-32(31)33)46(74)61-34(42(50)70)19-22-55-40(68)18-8-15-37(47(65)75)63-43(71)35(59-29(2)67)16-9-20-56-48(51)52/h3-7,11-14,25,28,34-39,58,66H,8-10,15-24,26-27H2,1-2H3,(H2,50,70)(H,55,68)(H,59,67)(H,60,69)(H,61,74)(H,62,73)(H,63,71)(H,64,72)(H4,51,52,56)(H4,53,54,57)/t28-,34+,35+,36+,37+,38-,39+/m1/s1. The molecular weight excluding hydrogens is 973 g/mol. The first-order valence-corrected chi connectivity index (χ1v) is 24.7. The molecule has 26 heteroatoms. The number of benzene rings is 2. The third kappa shape index (κ3) is 20.6. The minimum atomic E-state index is -1.43. The smallest absolute Gasteiger partial charge is 0.245 e. The van der Waals surface area contributed by atoms with Crippen LogP contribution < -0.4 is 65.9 Å². The Balaban J connectivity index is 1.77. The Morgan fingerprint density at radius 2 is 1.40 bits per heavy atom. The average Bonchev–Trinajstić information content (AvgIpc) is 3.76. The van der Waals surface area contributed by atoms with Crippen LogP contribution in [0, 0.1) is 0 Å². The molecule has 0 spiro atoms. The van der Waals surface area contributed by atoms with Gasteiger partial charge in [-0.05, 0) is 69.1 Å². The maximum absolute atomic E-state index is 14.6. The van der Waals surface area contributed by atoms with E-state index in [0.717, 1.165) is 15.8 Å². The van der Waals surface area contributed by atoms with Crippen LogP contribution in [-0.4, -0.2) is 155 Å². The molecule has 2 heterocycles. The number of β-amino-alcohol motifs (C(OH)–C–C–N with tert-alkyl or cyclic N) is 1. The van der Waals surface area contributed by atoms with E-state index in [2.05, 4.69) is 52.2 Å². The van der Waals surface area contributed by atoms with Gasteiger partial charge in [0.1, 0.15) is 36.3 Å². The number of rotatable bonds is 18. The molecule has 0 unspecified atom stereocenters. The molecule has 9 amide bonds. The van der Waals surface area contributed by atoms with Crippen LogP contribution in [0.2, 0.25) is 0 Å². The van der Waals surface area contributed by atoms with Crippen LogP contribution in [0.1, 0.15) is 76.3 Å². The van der Waals surface area contributed by atoms with Gasteiger partial charge in [-0.2, -0.15) is 0 Å². The van der Waals surface area contributed by atoms with Crippen LogP contribution >= 0.6 is 0 Å². The predicted molar refractivity (Wildman–Crippen MR) is 278 cm³/mol. The lowest BCUT2D eigenvalue weighted by Crippen LogP contribution is -2.59. The first kappa shape index (κ1) is 59.3. The number of H-pyrrole nitrogens is 1. The van der Waals surface area contributed by atoms with Gasteiger partial charge in [0.25, 0.3) is 0 Å². The van der Waals surface area contributed by atoms with Crippen LogP contribution in [0.15, 0.2) is 70.8 Å². The lowest BCUT2D eigenvalue weighted by Gasteiger charge is -2.30. The largest absolute Gasteiger partial charge is 0.392 e. The van der Waals surface area contributed by atoms with E-state index < -0.39 is 109 Å². The van der Waals surface area contributed by atoms with E-state index in [4.69, 9.17) is 28.7 Å². The van der Waals surface area contributed by atoms with Gasteiger partial charge in [0, 0.05) is 69.5 Å². The van der Waals surface area contributed by atoms with Crippen molar-refractivity contribution in [3.63, 3.8) is 0 Å². The van der Waals surface area contributed by atoms with Gasteiger partial charge in [0.2, 0.25) is 53.2 Å². The van der Waals surface area contributed by atoms with E-state index in [0.29, 0.717) is 11.1 Å². The van der Waals surface area contributed by atoms with Crippen molar-refractivity contribution in [2.45, 2.75) is 120 Å². The highest BCUT2D eigenvalue weighted by molar-refractivity contribution is 5.97. The number of para-hydroxylation sites is 1. The van der Waals surface area contributed by atoms with Crippen LogP contribution in [0.5, 0.6) is 0 Å². The minimum absolute atomic E-state index is 0.0236. The van der Waals surface area contributed by atoms with E-state index in [9.17, 15) is 48.3 Å². The summed E-state index contributed by atoms with van der Waals surface area (Å²) in [5, 5.41) is 30.0. The highest BCUT2D eigenvalue weighted by Gasteiger charge is 2.34. The molecule has 0 bridgehead atoms. The van der Waals surface area contributed by atoms with Crippen molar-refractivity contribution < 1.29 is 48.3 Å². The number of fused-ring (bicyclic) bond motifs is 1. The molecule has 4 rings (SSSR count). The Morgan fingerprint density at radius 3 is 2.07 bits per heavy atom. The second-order valence-electron chi connectivity index (χ2n) is 18.3. The number of primary amides is 1. The van der Waals surface area contributed by atoms with Gasteiger partial charge in [0.15, 0.2) is 11.9 Å². The first-order valence-electron chi connectivity index (χ1n) is 24.7. The number of aliphatic imine (C=N–C) groups is 2. The quantitative estimate of drug-likeness (QED) is 0.0333. The molecule has 19 N–H and O–H groups in total. The van der Waals surface area contributed by atoms with Gasteiger partial charge in [-0.3, -0.25) is 53.1 Å². The summed E-state index contributed by atoms with van der Waals surface area (Å²) in [7, 11) is 0. The second-order valence-corrected chi connectivity index (χ2v) is 18.3. The molecule has 1 aromatic heterocycles. The van der Waals surface area contributed by atoms with Crippen LogP contribution in [0.3, 0.4) is 0 Å². The fraction of sp³-hybridized carbons (Fsp3) is 0.490. The molecule has 75 heavy (non-hydrogen) atoms. The Kier molecular flexibility index (Phi) is 23.7. The number of carbonyl (C=O) groups is 9. The van der Waals surface area contributed by atoms with Crippen molar-refractivity contribution in [2.75, 3.05) is 32.7 Å². The van der Waals surface area contributed by atoms with Crippen molar-refractivity contribution in [3.8, 4) is 0 Å².